The zero-order chi connectivity index (χ0) is 16.9. The van der Waals surface area contributed by atoms with E-state index in [0.29, 0.717) is 10.6 Å². The third-order valence-electron chi connectivity index (χ3n) is 3.16. The highest BCUT2D eigenvalue weighted by molar-refractivity contribution is 7.08. The lowest BCUT2D eigenvalue weighted by atomic mass is 10.1. The number of thiophene rings is 1. The average Bonchev–Trinajstić information content (AvgIpc) is 3.15. The van der Waals surface area contributed by atoms with E-state index < -0.39 is 11.9 Å². The molecule has 3 rings (SSSR count). The molecule has 0 saturated heterocycles. The molecule has 3 aromatic rings. The second-order valence-corrected chi connectivity index (χ2v) is 5.99. The Labute approximate surface area is 146 Å². The highest BCUT2D eigenvalue weighted by Crippen LogP contribution is 2.21. The average molecular weight is 359 g/mol. The number of nitrogens with one attached hydrogen (secondary N) is 1. The minimum absolute atomic E-state index is 0.139. The van der Waals surface area contributed by atoms with Gasteiger partial charge in [0, 0.05) is 16.6 Å². The number of benzene rings is 1. The maximum Gasteiger partial charge on any atom is 0.363 e. The molecule has 0 bridgehead atoms. The van der Waals surface area contributed by atoms with E-state index in [4.69, 9.17) is 16.4 Å². The molecular weight excluding hydrogens is 348 g/mol. The molecule has 1 amide bonds. The molecule has 0 unspecified atom stereocenters. The highest BCUT2D eigenvalue weighted by Gasteiger charge is 2.13. The molecule has 24 heavy (non-hydrogen) atoms. The lowest BCUT2D eigenvalue weighted by molar-refractivity contribution is 0.0229. The van der Waals surface area contributed by atoms with Crippen molar-refractivity contribution < 1.29 is 14.4 Å². The minimum Gasteiger partial charge on any atom is -0.335 e. The van der Waals surface area contributed by atoms with E-state index in [9.17, 15) is 9.59 Å². The number of rotatable bonds is 3. The van der Waals surface area contributed by atoms with Gasteiger partial charge >= 0.3 is 11.9 Å². The van der Waals surface area contributed by atoms with E-state index >= 15 is 0 Å². The van der Waals surface area contributed by atoms with Gasteiger partial charge in [0.25, 0.3) is 0 Å². The summed E-state index contributed by atoms with van der Waals surface area (Å²) in [6, 6.07) is 12.2. The van der Waals surface area contributed by atoms with E-state index in [-0.39, 0.29) is 5.69 Å². The fourth-order valence-corrected chi connectivity index (χ4v) is 2.71. The normalized spacial score (nSPS) is 10.2. The van der Waals surface area contributed by atoms with Gasteiger partial charge in [-0.2, -0.15) is 16.8 Å². The number of amides is 1. The number of carbonyl (C=O) groups excluding carboxylic acids is 2. The molecule has 1 N–H and O–H groups in total. The van der Waals surface area contributed by atoms with Crippen LogP contribution in [0.3, 0.4) is 0 Å². The van der Waals surface area contributed by atoms with Crippen LogP contribution in [0.1, 0.15) is 20.8 Å². The highest BCUT2D eigenvalue weighted by atomic mass is 35.5. The summed E-state index contributed by atoms with van der Waals surface area (Å²) in [6.45, 7) is 0. The number of hydrogen-bond donors (Lipinski definition) is 1. The molecule has 5 nitrogen and oxygen atoms in total. The van der Waals surface area contributed by atoms with Crippen molar-refractivity contribution in [2.45, 2.75) is 0 Å². The quantitative estimate of drug-likeness (QED) is 0.719. The second kappa shape index (κ2) is 7.25. The molecule has 7 heteroatoms. The van der Waals surface area contributed by atoms with Gasteiger partial charge in [-0.05, 0) is 46.8 Å². The first-order chi connectivity index (χ1) is 11.6. The number of nitrogens with zero attached hydrogens (tertiary/aromatic N) is 1. The Morgan fingerprint density at radius 3 is 2.58 bits per heavy atom. The topological polar surface area (TPSA) is 68.3 Å². The van der Waals surface area contributed by atoms with E-state index in [1.807, 2.05) is 12.1 Å². The molecule has 0 fully saturated rings. The Morgan fingerprint density at radius 2 is 1.88 bits per heavy atom. The van der Waals surface area contributed by atoms with Crippen LogP contribution in [-0.4, -0.2) is 16.9 Å². The molecule has 0 atom stereocenters. The van der Waals surface area contributed by atoms with Crippen molar-refractivity contribution >= 4 is 34.8 Å². The Kier molecular flexibility index (Phi) is 4.88. The SMILES string of the molecule is O=C(ONC(=O)c1cc(-c2ccc(Cl)cc2)ccn1)c1ccsc1. The second-order valence-electron chi connectivity index (χ2n) is 4.77. The first-order valence-corrected chi connectivity index (χ1v) is 8.21. The van der Waals surface area contributed by atoms with Crippen molar-refractivity contribution in [3.63, 3.8) is 0 Å². The molecule has 0 spiro atoms. The van der Waals surface area contributed by atoms with Crippen molar-refractivity contribution in [2.75, 3.05) is 0 Å². The van der Waals surface area contributed by atoms with E-state index in [2.05, 4.69) is 10.5 Å². The third-order valence-corrected chi connectivity index (χ3v) is 4.10. The number of hydrogen-bond acceptors (Lipinski definition) is 5. The first-order valence-electron chi connectivity index (χ1n) is 6.89. The molecule has 0 saturated carbocycles. The fourth-order valence-electron chi connectivity index (χ4n) is 1.96. The predicted molar refractivity (Wildman–Crippen MR) is 91.9 cm³/mol. The standard InChI is InChI=1S/C17H11ClN2O3S/c18-14-3-1-11(2-4-14)12-5-7-19-15(9-12)16(21)20-23-17(22)13-6-8-24-10-13/h1-10H,(H,20,21). The van der Waals surface area contributed by atoms with Crippen LogP contribution in [0.5, 0.6) is 0 Å². The van der Waals surface area contributed by atoms with E-state index in [1.54, 1.807) is 41.1 Å². The predicted octanol–water partition coefficient (Wildman–Crippen LogP) is 3.97. The molecule has 0 aliphatic rings. The van der Waals surface area contributed by atoms with E-state index in [0.717, 1.165) is 11.1 Å². The Balaban J connectivity index is 1.70. The fraction of sp³-hybridized carbons (Fsp3) is 0. The van der Waals surface area contributed by atoms with Crippen LogP contribution in [0.4, 0.5) is 0 Å². The summed E-state index contributed by atoms with van der Waals surface area (Å²) < 4.78 is 0. The van der Waals surface area contributed by atoms with Crippen LogP contribution in [0.15, 0.2) is 59.4 Å². The molecule has 1 aromatic carbocycles. The molecule has 0 aliphatic carbocycles. The molecule has 120 valence electrons. The number of pyridine rings is 1. The number of halogens is 1. The van der Waals surface area contributed by atoms with Gasteiger partial charge in [0.05, 0.1) is 5.56 Å². The molecule has 2 heterocycles. The summed E-state index contributed by atoms with van der Waals surface area (Å²) >= 11 is 7.23. The minimum atomic E-state index is -0.626. The third kappa shape index (κ3) is 3.79. The Morgan fingerprint density at radius 1 is 1.08 bits per heavy atom. The molecule has 0 aliphatic heterocycles. The zero-order valence-electron chi connectivity index (χ0n) is 12.2. The van der Waals surface area contributed by atoms with Crippen molar-refractivity contribution in [2.24, 2.45) is 0 Å². The van der Waals surface area contributed by atoms with E-state index in [1.165, 1.54) is 17.5 Å². The largest absolute Gasteiger partial charge is 0.363 e. The van der Waals surface area contributed by atoms with Crippen molar-refractivity contribution in [3.05, 3.63) is 75.7 Å². The molecular formula is C17H11ClN2O3S. The van der Waals surface area contributed by atoms with Gasteiger partial charge in [-0.3, -0.25) is 9.78 Å². The zero-order valence-corrected chi connectivity index (χ0v) is 13.8. The van der Waals surface area contributed by atoms with Crippen molar-refractivity contribution in [1.29, 1.82) is 0 Å². The summed E-state index contributed by atoms with van der Waals surface area (Å²) in [4.78, 5) is 32.6. The number of hydroxylamine groups is 1. The number of aromatic nitrogens is 1. The lowest BCUT2D eigenvalue weighted by Crippen LogP contribution is -2.27. The van der Waals surface area contributed by atoms with Gasteiger partial charge < -0.3 is 4.84 Å². The van der Waals surface area contributed by atoms with Crippen LogP contribution >= 0.6 is 22.9 Å². The Hall–Kier alpha value is -2.70. The van der Waals surface area contributed by atoms with Crippen LogP contribution in [0.2, 0.25) is 5.02 Å². The van der Waals surface area contributed by atoms with Gasteiger partial charge in [0.1, 0.15) is 5.69 Å². The monoisotopic (exact) mass is 358 g/mol. The van der Waals surface area contributed by atoms with Crippen molar-refractivity contribution in [1.82, 2.24) is 10.5 Å². The lowest BCUT2D eigenvalue weighted by Gasteiger charge is -2.06. The van der Waals surface area contributed by atoms with Gasteiger partial charge in [0.15, 0.2) is 0 Å². The van der Waals surface area contributed by atoms with Gasteiger partial charge in [-0.15, -0.1) is 0 Å². The van der Waals surface area contributed by atoms with Crippen LogP contribution in [0, 0.1) is 0 Å². The summed E-state index contributed by atoms with van der Waals surface area (Å²) in [5.74, 6) is -1.23. The summed E-state index contributed by atoms with van der Waals surface area (Å²) in [5, 5.41) is 4.01. The van der Waals surface area contributed by atoms with Crippen molar-refractivity contribution in [3.8, 4) is 11.1 Å². The maximum absolute atomic E-state index is 12.1. The van der Waals surface area contributed by atoms with Gasteiger partial charge in [-0.25, -0.2) is 4.79 Å². The Bertz CT molecular complexity index is 864. The maximum atomic E-state index is 12.1. The first kappa shape index (κ1) is 16.2. The molecule has 0 radical (unpaired) electrons. The summed E-state index contributed by atoms with van der Waals surface area (Å²) in [7, 11) is 0. The molecule has 2 aromatic heterocycles. The van der Waals surface area contributed by atoms with Gasteiger partial charge in [0.2, 0.25) is 0 Å². The number of carbonyl (C=O) groups is 2. The van der Waals surface area contributed by atoms with Crippen LogP contribution in [-0.2, 0) is 4.84 Å². The summed E-state index contributed by atoms with van der Waals surface area (Å²) in [5.41, 5.74) is 4.32. The smallest absolute Gasteiger partial charge is 0.335 e. The van der Waals surface area contributed by atoms with Gasteiger partial charge in [-0.1, -0.05) is 23.7 Å². The van der Waals surface area contributed by atoms with Crippen LogP contribution < -0.4 is 5.48 Å². The van der Waals surface area contributed by atoms with Crippen LogP contribution in [0.25, 0.3) is 11.1 Å². The summed E-state index contributed by atoms with van der Waals surface area (Å²) in [6.07, 6.45) is 1.51.